The number of rotatable bonds is 1. The predicted molar refractivity (Wildman–Crippen MR) is 36.9 cm³/mol. The standard InChI is InChI=1S/C3H6ClN3O2S/c1-7-3(2-5-6-7)10(4,8)9/h2,5-6H,1H3. The van der Waals surface area contributed by atoms with Crippen molar-refractivity contribution in [3.63, 3.8) is 0 Å². The summed E-state index contributed by atoms with van der Waals surface area (Å²) in [6.45, 7) is 0. The molecule has 0 bridgehead atoms. The van der Waals surface area contributed by atoms with Crippen LogP contribution in [0.4, 0.5) is 0 Å². The van der Waals surface area contributed by atoms with E-state index >= 15 is 0 Å². The molecular formula is C3H6ClN3O2S. The Morgan fingerprint density at radius 2 is 2.30 bits per heavy atom. The van der Waals surface area contributed by atoms with E-state index in [0.29, 0.717) is 0 Å². The van der Waals surface area contributed by atoms with E-state index < -0.39 is 9.05 Å². The molecule has 1 heterocycles. The predicted octanol–water partition coefficient (Wildman–Crippen LogP) is -0.691. The molecule has 0 aliphatic carbocycles. The molecule has 2 N–H and O–H groups in total. The van der Waals surface area contributed by atoms with Gasteiger partial charge in [-0.15, -0.1) is 5.53 Å². The van der Waals surface area contributed by atoms with Crippen LogP contribution >= 0.6 is 10.7 Å². The van der Waals surface area contributed by atoms with E-state index in [4.69, 9.17) is 10.7 Å². The van der Waals surface area contributed by atoms with Crippen molar-refractivity contribution in [3.05, 3.63) is 11.2 Å². The highest BCUT2D eigenvalue weighted by Gasteiger charge is 2.21. The quantitative estimate of drug-likeness (QED) is 0.527. The Kier molecular flexibility index (Phi) is 1.76. The minimum Gasteiger partial charge on any atom is -0.308 e. The lowest BCUT2D eigenvalue weighted by Gasteiger charge is -2.10. The molecule has 0 spiro atoms. The fourth-order valence-corrected chi connectivity index (χ4v) is 1.59. The van der Waals surface area contributed by atoms with Gasteiger partial charge in [-0.2, -0.15) is 0 Å². The topological polar surface area (TPSA) is 61.4 Å². The minimum atomic E-state index is -3.62. The molecule has 1 aliphatic heterocycles. The Labute approximate surface area is 63.0 Å². The van der Waals surface area contributed by atoms with Crippen molar-refractivity contribution in [2.45, 2.75) is 0 Å². The van der Waals surface area contributed by atoms with Crippen LogP contribution in [0.5, 0.6) is 0 Å². The lowest BCUT2D eigenvalue weighted by Crippen LogP contribution is -2.34. The van der Waals surface area contributed by atoms with Gasteiger partial charge in [0.15, 0.2) is 5.03 Å². The lowest BCUT2D eigenvalue weighted by atomic mass is 10.9. The zero-order chi connectivity index (χ0) is 7.78. The van der Waals surface area contributed by atoms with E-state index in [-0.39, 0.29) is 5.03 Å². The third-order valence-corrected chi connectivity index (χ3v) is 2.37. The van der Waals surface area contributed by atoms with Crippen LogP contribution in [0.15, 0.2) is 11.2 Å². The van der Waals surface area contributed by atoms with Crippen LogP contribution < -0.4 is 11.0 Å². The fraction of sp³-hybridized carbons (Fsp3) is 0.333. The average Bonchev–Trinajstić information content (AvgIpc) is 2.11. The second-order valence-electron chi connectivity index (χ2n) is 1.74. The first-order valence-corrected chi connectivity index (χ1v) is 4.72. The number of nitrogens with one attached hydrogen (secondary N) is 2. The molecule has 0 saturated heterocycles. The second kappa shape index (κ2) is 2.30. The van der Waals surface area contributed by atoms with E-state index in [1.54, 1.807) is 0 Å². The van der Waals surface area contributed by atoms with Crippen molar-refractivity contribution in [3.8, 4) is 0 Å². The first-order chi connectivity index (χ1) is 4.52. The normalized spacial score (nSPS) is 18.6. The maximum atomic E-state index is 10.6. The second-order valence-corrected chi connectivity index (χ2v) is 4.25. The summed E-state index contributed by atoms with van der Waals surface area (Å²) in [5.41, 5.74) is 4.98. The van der Waals surface area contributed by atoms with Gasteiger partial charge < -0.3 is 5.43 Å². The van der Waals surface area contributed by atoms with Crippen LogP contribution in [0.3, 0.4) is 0 Å². The lowest BCUT2D eigenvalue weighted by molar-refractivity contribution is 0.320. The Hall–Kier alpha value is -0.460. The molecule has 0 atom stereocenters. The molecule has 0 amide bonds. The van der Waals surface area contributed by atoms with Crippen molar-refractivity contribution in [2.75, 3.05) is 7.05 Å². The van der Waals surface area contributed by atoms with Crippen molar-refractivity contribution in [1.29, 1.82) is 0 Å². The monoisotopic (exact) mass is 183 g/mol. The molecule has 1 aliphatic rings. The fourth-order valence-electron chi connectivity index (χ4n) is 0.577. The number of hydrogen-bond acceptors (Lipinski definition) is 5. The van der Waals surface area contributed by atoms with Crippen molar-refractivity contribution >= 4 is 19.7 Å². The van der Waals surface area contributed by atoms with Gasteiger partial charge in [-0.25, -0.2) is 8.42 Å². The molecule has 5 nitrogen and oxygen atoms in total. The SMILES string of the molecule is CN1NNC=C1S(=O)(=O)Cl. The summed E-state index contributed by atoms with van der Waals surface area (Å²) < 4.78 is 21.2. The number of halogens is 1. The number of nitrogens with zero attached hydrogens (tertiary/aromatic N) is 1. The van der Waals surface area contributed by atoms with Gasteiger partial charge in [0.25, 0.3) is 9.05 Å². The van der Waals surface area contributed by atoms with Crippen LogP contribution in [0.25, 0.3) is 0 Å². The first kappa shape index (κ1) is 7.64. The van der Waals surface area contributed by atoms with Gasteiger partial charge in [-0.3, -0.25) is 5.01 Å². The van der Waals surface area contributed by atoms with Crippen molar-refractivity contribution in [1.82, 2.24) is 16.0 Å². The highest BCUT2D eigenvalue weighted by atomic mass is 35.7. The molecule has 0 unspecified atom stereocenters. The van der Waals surface area contributed by atoms with E-state index in [1.807, 2.05) is 0 Å². The van der Waals surface area contributed by atoms with Crippen LogP contribution in [-0.4, -0.2) is 20.5 Å². The van der Waals surface area contributed by atoms with E-state index in [0.717, 1.165) is 0 Å². The van der Waals surface area contributed by atoms with Gasteiger partial charge in [0, 0.05) is 17.7 Å². The van der Waals surface area contributed by atoms with Crippen molar-refractivity contribution < 1.29 is 8.42 Å². The molecule has 0 aromatic carbocycles. The Bertz CT molecular complexity index is 259. The Morgan fingerprint density at radius 3 is 2.50 bits per heavy atom. The summed E-state index contributed by atoms with van der Waals surface area (Å²) in [5.74, 6) is 0. The zero-order valence-electron chi connectivity index (χ0n) is 5.13. The smallest absolute Gasteiger partial charge is 0.279 e. The third kappa shape index (κ3) is 1.34. The molecule has 0 aromatic heterocycles. The van der Waals surface area contributed by atoms with Gasteiger partial charge in [0.2, 0.25) is 0 Å². The van der Waals surface area contributed by atoms with Crippen LogP contribution in [0.1, 0.15) is 0 Å². The van der Waals surface area contributed by atoms with Gasteiger partial charge in [-0.1, -0.05) is 0 Å². The highest BCUT2D eigenvalue weighted by molar-refractivity contribution is 8.16. The van der Waals surface area contributed by atoms with Crippen molar-refractivity contribution in [2.24, 2.45) is 0 Å². The molecule has 58 valence electrons. The average molecular weight is 184 g/mol. The maximum Gasteiger partial charge on any atom is 0.279 e. The molecule has 0 saturated carbocycles. The molecule has 10 heavy (non-hydrogen) atoms. The van der Waals surface area contributed by atoms with E-state index in [1.165, 1.54) is 18.3 Å². The summed E-state index contributed by atoms with van der Waals surface area (Å²) >= 11 is 0. The number of hydrogen-bond donors (Lipinski definition) is 2. The Balaban J connectivity index is 2.94. The molecule has 0 aromatic rings. The van der Waals surface area contributed by atoms with Crippen LogP contribution in [-0.2, 0) is 9.05 Å². The molecular weight excluding hydrogens is 178 g/mol. The summed E-state index contributed by atoms with van der Waals surface area (Å²) in [7, 11) is 2.93. The van der Waals surface area contributed by atoms with E-state index in [9.17, 15) is 8.42 Å². The maximum absolute atomic E-state index is 10.6. The molecule has 0 radical (unpaired) electrons. The first-order valence-electron chi connectivity index (χ1n) is 2.41. The molecule has 1 rings (SSSR count). The van der Waals surface area contributed by atoms with Crippen LogP contribution in [0, 0.1) is 0 Å². The van der Waals surface area contributed by atoms with Gasteiger partial charge in [0.05, 0.1) is 6.20 Å². The van der Waals surface area contributed by atoms with Gasteiger partial charge in [-0.05, 0) is 0 Å². The van der Waals surface area contributed by atoms with Gasteiger partial charge >= 0.3 is 0 Å². The summed E-state index contributed by atoms with van der Waals surface area (Å²) in [4.78, 5) is 0. The van der Waals surface area contributed by atoms with Gasteiger partial charge in [0.1, 0.15) is 0 Å². The zero-order valence-corrected chi connectivity index (χ0v) is 6.70. The summed E-state index contributed by atoms with van der Waals surface area (Å²) in [6.07, 6.45) is 1.27. The number of hydrazine groups is 2. The largest absolute Gasteiger partial charge is 0.308 e. The van der Waals surface area contributed by atoms with Crippen LogP contribution in [0.2, 0.25) is 0 Å². The Morgan fingerprint density at radius 1 is 1.70 bits per heavy atom. The molecule has 7 heteroatoms. The summed E-state index contributed by atoms with van der Waals surface area (Å²) in [6, 6.07) is 0. The summed E-state index contributed by atoms with van der Waals surface area (Å²) in [5, 5.41) is 1.27. The molecule has 0 fully saturated rings. The minimum absolute atomic E-state index is 0.00849. The van der Waals surface area contributed by atoms with E-state index in [2.05, 4.69) is 11.0 Å². The highest BCUT2D eigenvalue weighted by Crippen LogP contribution is 2.14. The third-order valence-electron chi connectivity index (χ3n) is 1.01.